The lowest BCUT2D eigenvalue weighted by atomic mass is 10.1. The van der Waals surface area contributed by atoms with E-state index in [1.807, 2.05) is 44.7 Å². The largest absolute Gasteiger partial charge is 0.389 e. The van der Waals surface area contributed by atoms with Crippen LogP contribution in [0.25, 0.3) is 0 Å². The zero-order valence-corrected chi connectivity index (χ0v) is 15.3. The molecule has 2 aromatic carbocycles. The molecule has 128 valence electrons. The van der Waals surface area contributed by atoms with Gasteiger partial charge < -0.3 is 15.2 Å². The van der Waals surface area contributed by atoms with Crippen molar-refractivity contribution in [2.24, 2.45) is 5.73 Å². The number of anilines is 1. The molecule has 2 N–H and O–H groups in total. The van der Waals surface area contributed by atoms with Crippen molar-refractivity contribution in [2.75, 3.05) is 19.0 Å². The number of hydrogen-bond donors (Lipinski definition) is 1. The molecule has 25 heavy (non-hydrogen) atoms. The van der Waals surface area contributed by atoms with E-state index in [0.717, 1.165) is 29.9 Å². The Hall–Kier alpha value is -2.66. The third kappa shape index (κ3) is 4.25. The van der Waals surface area contributed by atoms with Gasteiger partial charge in [-0.15, -0.1) is 0 Å². The average molecular weight is 350 g/mol. The number of imidazole rings is 1. The summed E-state index contributed by atoms with van der Waals surface area (Å²) >= 11 is 5.07. The van der Waals surface area contributed by atoms with Gasteiger partial charge in [0.25, 0.3) is 0 Å². The number of hydrogen-bond acceptors (Lipinski definition) is 3. The van der Waals surface area contributed by atoms with E-state index in [1.54, 1.807) is 0 Å². The van der Waals surface area contributed by atoms with Crippen LogP contribution in [0.1, 0.15) is 22.5 Å². The summed E-state index contributed by atoms with van der Waals surface area (Å²) in [7, 11) is 4.09. The smallest absolute Gasteiger partial charge is 0.113 e. The molecule has 0 bridgehead atoms. The molecule has 0 atom stereocenters. The van der Waals surface area contributed by atoms with Gasteiger partial charge >= 0.3 is 0 Å². The Bertz CT molecular complexity index is 865. The molecule has 0 aliphatic carbocycles. The van der Waals surface area contributed by atoms with Crippen molar-refractivity contribution < 1.29 is 0 Å². The van der Waals surface area contributed by atoms with Crippen LogP contribution in [0, 0.1) is 0 Å². The minimum Gasteiger partial charge on any atom is -0.389 e. The Labute approximate surface area is 153 Å². The monoisotopic (exact) mass is 350 g/mol. The number of benzene rings is 2. The van der Waals surface area contributed by atoms with Crippen LogP contribution in [0.5, 0.6) is 0 Å². The molecule has 0 saturated heterocycles. The van der Waals surface area contributed by atoms with Gasteiger partial charge in [-0.25, -0.2) is 4.98 Å². The van der Waals surface area contributed by atoms with Gasteiger partial charge in [0.05, 0.1) is 0 Å². The van der Waals surface area contributed by atoms with E-state index < -0.39 is 0 Å². The first-order valence-electron chi connectivity index (χ1n) is 8.18. The van der Waals surface area contributed by atoms with Crippen LogP contribution < -0.4 is 10.6 Å². The van der Waals surface area contributed by atoms with Crippen molar-refractivity contribution in [1.29, 1.82) is 0 Å². The normalized spacial score (nSPS) is 10.6. The average Bonchev–Trinajstić information content (AvgIpc) is 3.02. The minimum atomic E-state index is 0.425. The van der Waals surface area contributed by atoms with E-state index in [0.29, 0.717) is 4.99 Å². The van der Waals surface area contributed by atoms with Gasteiger partial charge in [0.15, 0.2) is 0 Å². The van der Waals surface area contributed by atoms with E-state index in [9.17, 15) is 0 Å². The van der Waals surface area contributed by atoms with Gasteiger partial charge in [-0.3, -0.25) is 0 Å². The van der Waals surface area contributed by atoms with Crippen LogP contribution >= 0.6 is 12.2 Å². The Balaban J connectivity index is 1.76. The first kappa shape index (κ1) is 17.2. The Morgan fingerprint density at radius 1 is 1.12 bits per heavy atom. The Morgan fingerprint density at radius 3 is 2.56 bits per heavy atom. The SMILES string of the molecule is CN(C)c1ccc(Cc2nccn2Cc2cccc(C(N)=S)c2)cc1. The fraction of sp³-hybridized carbons (Fsp3) is 0.200. The topological polar surface area (TPSA) is 47.1 Å². The van der Waals surface area contributed by atoms with Crippen LogP contribution in [-0.2, 0) is 13.0 Å². The van der Waals surface area contributed by atoms with Crippen molar-refractivity contribution in [3.05, 3.63) is 83.4 Å². The van der Waals surface area contributed by atoms with Crippen molar-refractivity contribution in [3.8, 4) is 0 Å². The van der Waals surface area contributed by atoms with Crippen LogP contribution in [0.2, 0.25) is 0 Å². The van der Waals surface area contributed by atoms with E-state index in [-0.39, 0.29) is 0 Å². The highest BCUT2D eigenvalue weighted by atomic mass is 32.1. The van der Waals surface area contributed by atoms with Crippen LogP contribution in [0.4, 0.5) is 5.69 Å². The Kier molecular flexibility index (Phi) is 5.14. The molecule has 0 amide bonds. The third-order valence-corrected chi connectivity index (χ3v) is 4.42. The van der Waals surface area contributed by atoms with E-state index in [1.165, 1.54) is 11.3 Å². The number of nitrogens with zero attached hydrogens (tertiary/aromatic N) is 3. The summed E-state index contributed by atoms with van der Waals surface area (Å²) in [5, 5.41) is 0. The second kappa shape index (κ2) is 7.49. The zero-order valence-electron chi connectivity index (χ0n) is 14.5. The number of aromatic nitrogens is 2. The molecule has 0 radical (unpaired) electrons. The van der Waals surface area contributed by atoms with Gasteiger partial charge in [0.1, 0.15) is 10.8 Å². The molecule has 3 aromatic rings. The van der Waals surface area contributed by atoms with Crippen LogP contribution in [0.15, 0.2) is 60.9 Å². The highest BCUT2D eigenvalue weighted by Crippen LogP contribution is 2.16. The number of thiocarbonyl (C=S) groups is 1. The fourth-order valence-electron chi connectivity index (χ4n) is 2.77. The van der Waals surface area contributed by atoms with E-state index in [2.05, 4.69) is 44.8 Å². The minimum absolute atomic E-state index is 0.425. The standard InChI is InChI=1S/C20H22N4S/c1-23(2)18-8-6-15(7-9-18)13-19-22-10-11-24(19)14-16-4-3-5-17(12-16)20(21)25/h3-12H,13-14H2,1-2H3,(H2,21,25). The Morgan fingerprint density at radius 2 is 1.88 bits per heavy atom. The maximum atomic E-state index is 5.73. The molecule has 0 aliphatic heterocycles. The van der Waals surface area contributed by atoms with Gasteiger partial charge in [-0.2, -0.15) is 0 Å². The maximum absolute atomic E-state index is 5.73. The summed E-state index contributed by atoms with van der Waals surface area (Å²) in [5.74, 6) is 1.04. The van der Waals surface area contributed by atoms with Gasteiger partial charge in [0, 0.05) is 50.7 Å². The summed E-state index contributed by atoms with van der Waals surface area (Å²) in [6, 6.07) is 16.6. The molecule has 3 rings (SSSR count). The molecule has 1 aromatic heterocycles. The second-order valence-corrected chi connectivity index (χ2v) is 6.71. The van der Waals surface area contributed by atoms with Crippen molar-refractivity contribution in [1.82, 2.24) is 9.55 Å². The second-order valence-electron chi connectivity index (χ2n) is 6.27. The first-order valence-corrected chi connectivity index (χ1v) is 8.59. The van der Waals surface area contributed by atoms with Gasteiger partial charge in [0.2, 0.25) is 0 Å². The zero-order chi connectivity index (χ0) is 17.8. The maximum Gasteiger partial charge on any atom is 0.113 e. The highest BCUT2D eigenvalue weighted by Gasteiger charge is 2.07. The van der Waals surface area contributed by atoms with E-state index >= 15 is 0 Å². The lowest BCUT2D eigenvalue weighted by Gasteiger charge is -2.13. The van der Waals surface area contributed by atoms with E-state index in [4.69, 9.17) is 18.0 Å². The fourth-order valence-corrected chi connectivity index (χ4v) is 2.89. The summed E-state index contributed by atoms with van der Waals surface area (Å²) < 4.78 is 2.17. The lowest BCUT2D eigenvalue weighted by molar-refractivity contribution is 0.740. The molecule has 0 fully saturated rings. The number of nitrogens with two attached hydrogens (primary N) is 1. The van der Waals surface area contributed by atoms with Crippen molar-refractivity contribution in [3.63, 3.8) is 0 Å². The summed E-state index contributed by atoms with van der Waals surface area (Å²) in [4.78, 5) is 7.05. The lowest BCUT2D eigenvalue weighted by Crippen LogP contribution is -2.11. The van der Waals surface area contributed by atoms with Crippen LogP contribution in [-0.4, -0.2) is 28.6 Å². The predicted molar refractivity (Wildman–Crippen MR) is 107 cm³/mol. The molecule has 0 aliphatic rings. The number of rotatable bonds is 6. The molecule has 4 nitrogen and oxygen atoms in total. The molecular weight excluding hydrogens is 328 g/mol. The molecule has 1 heterocycles. The third-order valence-electron chi connectivity index (χ3n) is 4.18. The molecule has 5 heteroatoms. The summed E-state index contributed by atoms with van der Waals surface area (Å²) in [6.07, 6.45) is 4.66. The molecule has 0 saturated carbocycles. The van der Waals surface area contributed by atoms with Crippen LogP contribution in [0.3, 0.4) is 0 Å². The first-order chi connectivity index (χ1) is 12.0. The summed E-state index contributed by atoms with van der Waals surface area (Å²) in [5.41, 5.74) is 10.2. The summed E-state index contributed by atoms with van der Waals surface area (Å²) in [6.45, 7) is 0.752. The molecular formula is C20H22N4S. The predicted octanol–water partition coefficient (Wildman–Crippen LogP) is 3.22. The molecule has 0 spiro atoms. The van der Waals surface area contributed by atoms with Crippen molar-refractivity contribution in [2.45, 2.75) is 13.0 Å². The van der Waals surface area contributed by atoms with Gasteiger partial charge in [-0.1, -0.05) is 42.5 Å². The van der Waals surface area contributed by atoms with Crippen molar-refractivity contribution >= 4 is 22.9 Å². The quantitative estimate of drug-likeness (QED) is 0.694. The highest BCUT2D eigenvalue weighted by molar-refractivity contribution is 7.80. The molecule has 0 unspecified atom stereocenters. The van der Waals surface area contributed by atoms with Gasteiger partial charge in [-0.05, 0) is 29.3 Å².